The molecule has 46 heavy (non-hydrogen) atoms. The molecule has 2 amide bonds. The molecule has 1 aromatic heterocycles. The van der Waals surface area contributed by atoms with E-state index in [1.54, 1.807) is 21.0 Å². The molecule has 2 saturated heterocycles. The molecule has 240 valence electrons. The Kier molecular flexibility index (Phi) is 9.83. The molecule has 1 atom stereocenters. The van der Waals surface area contributed by atoms with Crippen molar-refractivity contribution in [1.29, 1.82) is 0 Å². The van der Waals surface area contributed by atoms with Crippen molar-refractivity contribution in [2.75, 3.05) is 52.5 Å². The molecule has 0 spiro atoms. The first-order valence-electron chi connectivity index (χ1n) is 16.0. The van der Waals surface area contributed by atoms with Crippen LogP contribution in [0.4, 0.5) is 0 Å². The number of nitrogens with one attached hydrogen (secondary N) is 1. The van der Waals surface area contributed by atoms with E-state index in [9.17, 15) is 14.4 Å². The van der Waals surface area contributed by atoms with E-state index in [4.69, 9.17) is 9.47 Å². The second kappa shape index (κ2) is 14.5. The largest absolute Gasteiger partial charge is 0.490 e. The van der Waals surface area contributed by atoms with E-state index < -0.39 is 0 Å². The molecule has 3 aromatic carbocycles. The van der Waals surface area contributed by atoms with Crippen LogP contribution >= 0.6 is 0 Å². The zero-order valence-electron chi connectivity index (χ0n) is 26.3. The molecule has 2 aliphatic rings. The summed E-state index contributed by atoms with van der Waals surface area (Å²) in [6.45, 7) is 6.10. The normalized spacial score (nSPS) is 16.7. The Morgan fingerprint density at radius 3 is 2.22 bits per heavy atom. The molecule has 1 unspecified atom stereocenters. The van der Waals surface area contributed by atoms with Crippen molar-refractivity contribution >= 4 is 11.8 Å². The van der Waals surface area contributed by atoms with Gasteiger partial charge in [0.05, 0.1) is 18.3 Å². The number of likely N-dealkylation sites (tertiary alicyclic amines) is 1. The molecule has 3 heterocycles. The molecular formula is C36H41N5O5. The quantitative estimate of drug-likeness (QED) is 0.268. The summed E-state index contributed by atoms with van der Waals surface area (Å²) >= 11 is 0. The number of nitrogens with zero attached hydrogens (tertiary/aromatic N) is 4. The van der Waals surface area contributed by atoms with Crippen LogP contribution in [0.15, 0.2) is 89.7 Å². The number of carbonyl (C=O) groups is 2. The van der Waals surface area contributed by atoms with Gasteiger partial charge in [-0.2, -0.15) is 0 Å². The van der Waals surface area contributed by atoms with Crippen LogP contribution in [-0.4, -0.2) is 83.2 Å². The molecule has 0 radical (unpaired) electrons. The number of aromatic nitrogens is 2. The van der Waals surface area contributed by atoms with E-state index in [0.29, 0.717) is 69.6 Å². The minimum atomic E-state index is -0.254. The fourth-order valence-corrected chi connectivity index (χ4v) is 6.36. The first kappa shape index (κ1) is 31.2. The van der Waals surface area contributed by atoms with E-state index in [1.807, 2.05) is 89.8 Å². The van der Waals surface area contributed by atoms with E-state index in [0.717, 1.165) is 29.7 Å². The highest BCUT2D eigenvalue weighted by atomic mass is 16.5. The summed E-state index contributed by atoms with van der Waals surface area (Å²) < 4.78 is 15.2. The van der Waals surface area contributed by atoms with Crippen LogP contribution in [0.5, 0.6) is 11.5 Å². The average molecular weight is 624 g/mol. The maximum absolute atomic E-state index is 14.6. The number of carbonyl (C=O) groups excluding carboxylic acids is 2. The number of hydrogen-bond acceptors (Lipinski definition) is 6. The minimum Gasteiger partial charge on any atom is -0.490 e. The number of rotatable bonds is 10. The molecule has 1 N–H and O–H groups in total. The van der Waals surface area contributed by atoms with Crippen molar-refractivity contribution < 1.29 is 19.1 Å². The first-order valence-corrected chi connectivity index (χ1v) is 16.0. The predicted molar refractivity (Wildman–Crippen MR) is 176 cm³/mol. The van der Waals surface area contributed by atoms with Gasteiger partial charge in [-0.3, -0.25) is 18.7 Å². The smallest absolute Gasteiger partial charge is 0.329 e. The SMILES string of the molecule is CC(=O)N1CCCC(n2c(-c3ccccc3)c(C(=O)N3CCNCC3)n(Cc3cccc(OCCOc4ccccc4)c3)c2=O)C1. The number of imidazole rings is 1. The van der Waals surface area contributed by atoms with Gasteiger partial charge < -0.3 is 24.6 Å². The summed E-state index contributed by atoms with van der Waals surface area (Å²) in [6, 6.07) is 26.6. The van der Waals surface area contributed by atoms with Gasteiger partial charge >= 0.3 is 5.69 Å². The second-order valence-corrected chi connectivity index (χ2v) is 11.8. The van der Waals surface area contributed by atoms with Crippen LogP contribution in [0.2, 0.25) is 0 Å². The van der Waals surface area contributed by atoms with Crippen molar-refractivity contribution in [2.45, 2.75) is 32.4 Å². The second-order valence-electron chi connectivity index (χ2n) is 11.8. The average Bonchev–Trinajstić information content (AvgIpc) is 3.39. The van der Waals surface area contributed by atoms with Gasteiger partial charge in [0.15, 0.2) is 0 Å². The molecule has 0 bridgehead atoms. The van der Waals surface area contributed by atoms with E-state index in [1.165, 1.54) is 0 Å². The van der Waals surface area contributed by atoms with Gasteiger partial charge in [-0.1, -0.05) is 60.7 Å². The molecule has 0 saturated carbocycles. The Labute approximate surface area is 269 Å². The van der Waals surface area contributed by atoms with E-state index >= 15 is 0 Å². The third-order valence-corrected chi connectivity index (χ3v) is 8.64. The number of piperazine rings is 1. The lowest BCUT2D eigenvalue weighted by molar-refractivity contribution is -0.130. The maximum Gasteiger partial charge on any atom is 0.329 e. The standard InChI is InChI=1S/C36H41N5O5/c1-27(42)39-19-9-13-30(26-39)41-33(29-11-4-2-5-12-29)34(35(43)38-20-17-37-18-21-38)40(36(41)44)25-28-10-8-16-32(24-28)46-23-22-45-31-14-6-3-7-15-31/h2-8,10-12,14-16,24,30,37H,9,13,17-23,25-26H2,1H3. The van der Waals surface area contributed by atoms with Crippen LogP contribution in [0.25, 0.3) is 11.3 Å². The van der Waals surface area contributed by atoms with Crippen molar-refractivity contribution in [3.8, 4) is 22.8 Å². The molecule has 6 rings (SSSR count). The summed E-state index contributed by atoms with van der Waals surface area (Å²) in [4.78, 5) is 45.0. The number of piperidine rings is 1. The number of benzene rings is 3. The summed E-state index contributed by atoms with van der Waals surface area (Å²) in [6.07, 6.45) is 1.52. The molecule has 10 heteroatoms. The van der Waals surface area contributed by atoms with Gasteiger partial charge in [-0.15, -0.1) is 0 Å². The predicted octanol–water partition coefficient (Wildman–Crippen LogP) is 4.05. The van der Waals surface area contributed by atoms with Crippen LogP contribution in [0.3, 0.4) is 0 Å². The number of amides is 2. The summed E-state index contributed by atoms with van der Waals surface area (Å²) in [5.74, 6) is 1.26. The highest BCUT2D eigenvalue weighted by Crippen LogP contribution is 2.32. The summed E-state index contributed by atoms with van der Waals surface area (Å²) in [5, 5.41) is 3.31. The van der Waals surface area contributed by atoms with Crippen LogP contribution in [0.1, 0.15) is 41.9 Å². The van der Waals surface area contributed by atoms with Gasteiger partial charge in [0, 0.05) is 51.8 Å². The molecular weight excluding hydrogens is 582 g/mol. The topological polar surface area (TPSA) is 98.0 Å². The Balaban J connectivity index is 1.36. The van der Waals surface area contributed by atoms with Crippen molar-refractivity contribution in [3.05, 3.63) is 107 Å². The number of ether oxygens (including phenoxy) is 2. The Bertz CT molecular complexity index is 1690. The Morgan fingerprint density at radius 1 is 0.826 bits per heavy atom. The highest BCUT2D eigenvalue weighted by molar-refractivity contribution is 5.99. The van der Waals surface area contributed by atoms with Crippen LogP contribution in [-0.2, 0) is 11.3 Å². The van der Waals surface area contributed by atoms with E-state index in [2.05, 4.69) is 5.32 Å². The lowest BCUT2D eigenvalue weighted by atomic mass is 10.0. The Morgan fingerprint density at radius 2 is 1.50 bits per heavy atom. The Hall–Kier alpha value is -4.83. The van der Waals surface area contributed by atoms with Gasteiger partial charge in [-0.05, 0) is 42.7 Å². The van der Waals surface area contributed by atoms with Gasteiger partial charge in [0.2, 0.25) is 5.91 Å². The fourth-order valence-electron chi connectivity index (χ4n) is 6.36. The summed E-state index contributed by atoms with van der Waals surface area (Å²) in [7, 11) is 0. The first-order chi connectivity index (χ1) is 22.5. The van der Waals surface area contributed by atoms with Crippen LogP contribution < -0.4 is 20.5 Å². The zero-order valence-corrected chi connectivity index (χ0v) is 26.3. The van der Waals surface area contributed by atoms with Crippen molar-refractivity contribution in [1.82, 2.24) is 24.3 Å². The van der Waals surface area contributed by atoms with Gasteiger partial charge in [0.1, 0.15) is 30.4 Å². The molecule has 10 nitrogen and oxygen atoms in total. The molecule has 2 fully saturated rings. The van der Waals surface area contributed by atoms with Crippen LogP contribution in [0, 0.1) is 0 Å². The number of hydrogen-bond donors (Lipinski definition) is 1. The lowest BCUT2D eigenvalue weighted by Gasteiger charge is -2.33. The van der Waals surface area contributed by atoms with Crippen molar-refractivity contribution in [3.63, 3.8) is 0 Å². The third kappa shape index (κ3) is 7.02. The monoisotopic (exact) mass is 623 g/mol. The number of para-hydroxylation sites is 1. The zero-order chi connectivity index (χ0) is 31.9. The molecule has 0 aliphatic carbocycles. The van der Waals surface area contributed by atoms with E-state index in [-0.39, 0.29) is 30.1 Å². The highest BCUT2D eigenvalue weighted by Gasteiger charge is 2.34. The fraction of sp³-hybridized carbons (Fsp3) is 0.361. The summed E-state index contributed by atoms with van der Waals surface area (Å²) in [5.41, 5.74) is 2.36. The molecule has 4 aromatic rings. The third-order valence-electron chi connectivity index (χ3n) is 8.64. The van der Waals surface area contributed by atoms with Gasteiger partial charge in [0.25, 0.3) is 5.91 Å². The van der Waals surface area contributed by atoms with Gasteiger partial charge in [-0.25, -0.2) is 4.79 Å². The lowest BCUT2D eigenvalue weighted by Crippen LogP contribution is -2.47. The minimum absolute atomic E-state index is 0.0125. The molecule has 2 aliphatic heterocycles. The maximum atomic E-state index is 14.6. The van der Waals surface area contributed by atoms with Crippen molar-refractivity contribution in [2.24, 2.45) is 0 Å².